The first-order valence-electron chi connectivity index (χ1n) is 28.8. The second-order valence-corrected chi connectivity index (χ2v) is 23.7. The van der Waals surface area contributed by atoms with Crippen molar-refractivity contribution >= 4 is 129 Å². The monoisotopic (exact) mass is 1030 g/mol. The zero-order valence-electron chi connectivity index (χ0n) is 44.1. The second kappa shape index (κ2) is 16.3. The predicted octanol–water partition coefficient (Wildman–Crippen LogP) is 18.7. The highest BCUT2D eigenvalue weighted by molar-refractivity contribution is 6.28. The van der Waals surface area contributed by atoms with Crippen LogP contribution >= 0.6 is 0 Å². The molecule has 1 aliphatic carbocycles. The summed E-state index contributed by atoms with van der Waals surface area (Å²) >= 11 is 0. The molecule has 1 saturated carbocycles. The quantitative estimate of drug-likeness (QED) is 0.163. The summed E-state index contributed by atoms with van der Waals surface area (Å²) in [7, 11) is 0. The first-order chi connectivity index (χ1) is 39.4. The minimum absolute atomic E-state index is 0.618. The molecule has 4 heteroatoms. The number of ether oxygens (including phenoxy) is 2. The minimum Gasteiger partial charge on any atom is -0.377 e. The van der Waals surface area contributed by atoms with Gasteiger partial charge in [-0.1, -0.05) is 213 Å². The molecule has 1 saturated heterocycles. The van der Waals surface area contributed by atoms with E-state index in [1.165, 1.54) is 0 Å². The van der Waals surface area contributed by atoms with Gasteiger partial charge in [0.15, 0.2) is 5.79 Å². The van der Waals surface area contributed by atoms with Crippen LogP contribution in [0.25, 0.3) is 129 Å². The molecule has 18 rings (SSSR count). The van der Waals surface area contributed by atoms with Crippen molar-refractivity contribution in [2.24, 2.45) is 0 Å². The molecule has 1 aliphatic heterocycles. The van der Waals surface area contributed by atoms with Gasteiger partial charge in [0.25, 0.3) is 0 Å². The summed E-state index contributed by atoms with van der Waals surface area (Å²) in [6, 6.07) is 78.8. The van der Waals surface area contributed by atoms with Crippen molar-refractivity contribution < 1.29 is 19.7 Å². The number of benzene rings is 16. The molecular formula is C76H54O4. The van der Waals surface area contributed by atoms with Gasteiger partial charge in [0.05, 0.1) is 0 Å². The number of aliphatic hydroxyl groups is 2. The van der Waals surface area contributed by atoms with Gasteiger partial charge < -0.3 is 19.7 Å². The van der Waals surface area contributed by atoms with E-state index in [0.29, 0.717) is 12.8 Å². The van der Waals surface area contributed by atoms with E-state index in [-0.39, 0.29) is 0 Å². The smallest absolute Gasteiger partial charge is 0.169 e. The maximum absolute atomic E-state index is 16.0. The Balaban J connectivity index is 1.04. The van der Waals surface area contributed by atoms with Gasteiger partial charge in [-0.25, -0.2) is 0 Å². The molecule has 4 nitrogen and oxygen atoms in total. The van der Waals surface area contributed by atoms with Crippen molar-refractivity contribution in [2.45, 2.75) is 74.1 Å². The molecule has 16 aromatic rings. The summed E-state index contributed by atoms with van der Waals surface area (Å²) in [5.41, 5.74) is -1.10. The molecule has 0 unspecified atom stereocenters. The Hall–Kier alpha value is -8.48. The molecule has 0 amide bonds. The van der Waals surface area contributed by atoms with Crippen LogP contribution in [0.4, 0.5) is 0 Å². The maximum atomic E-state index is 16.0. The molecule has 2 N–H and O–H groups in total. The fraction of sp³-hybridized carbons (Fsp3) is 0.158. The molecule has 0 bridgehead atoms. The lowest BCUT2D eigenvalue weighted by atomic mass is 9.68. The van der Waals surface area contributed by atoms with E-state index in [2.05, 4.69) is 218 Å². The Morgan fingerprint density at radius 2 is 0.500 bits per heavy atom. The average molecular weight is 1030 g/mol. The van der Waals surface area contributed by atoms with E-state index >= 15 is 10.2 Å². The van der Waals surface area contributed by atoms with Crippen molar-refractivity contribution in [2.75, 3.05) is 0 Å². The van der Waals surface area contributed by atoms with Gasteiger partial charge >= 0.3 is 0 Å². The molecule has 1 heterocycles. The van der Waals surface area contributed by atoms with E-state index in [9.17, 15) is 0 Å². The van der Waals surface area contributed by atoms with Crippen LogP contribution in [0.5, 0.6) is 0 Å². The topological polar surface area (TPSA) is 58.9 Å². The molecule has 80 heavy (non-hydrogen) atoms. The van der Waals surface area contributed by atoms with Crippen LogP contribution < -0.4 is 0 Å². The van der Waals surface area contributed by atoms with Gasteiger partial charge in [0.1, 0.15) is 23.4 Å². The fourth-order valence-electron chi connectivity index (χ4n) is 16.1. The van der Waals surface area contributed by atoms with Gasteiger partial charge in [-0.05, 0) is 189 Å². The van der Waals surface area contributed by atoms with E-state index in [4.69, 9.17) is 9.47 Å². The van der Waals surface area contributed by atoms with Gasteiger partial charge in [0, 0.05) is 12.8 Å². The van der Waals surface area contributed by atoms with Crippen molar-refractivity contribution in [3.8, 4) is 0 Å². The zero-order chi connectivity index (χ0) is 52.6. The first-order valence-corrected chi connectivity index (χ1v) is 28.8. The van der Waals surface area contributed by atoms with Crippen LogP contribution in [-0.2, 0) is 20.7 Å². The summed E-state index contributed by atoms with van der Waals surface area (Å²) in [6.45, 7) is 0. The molecule has 0 radical (unpaired) electrons. The van der Waals surface area contributed by atoms with E-state index < -0.39 is 29.2 Å². The van der Waals surface area contributed by atoms with Crippen LogP contribution in [0.15, 0.2) is 218 Å². The Kier molecular flexibility index (Phi) is 9.26. The third kappa shape index (κ3) is 5.99. The van der Waals surface area contributed by atoms with Crippen LogP contribution in [0.1, 0.15) is 67.2 Å². The maximum Gasteiger partial charge on any atom is 0.169 e. The Bertz CT molecular complexity index is 4570. The molecule has 382 valence electrons. The van der Waals surface area contributed by atoms with Gasteiger partial charge in [-0.3, -0.25) is 0 Å². The third-order valence-electron chi connectivity index (χ3n) is 19.6. The van der Waals surface area contributed by atoms with Gasteiger partial charge in [0.2, 0.25) is 0 Å². The Morgan fingerprint density at radius 1 is 0.275 bits per heavy atom. The zero-order valence-corrected chi connectivity index (χ0v) is 44.1. The second-order valence-electron chi connectivity index (χ2n) is 23.7. The van der Waals surface area contributed by atoms with E-state index in [0.717, 1.165) is 184 Å². The Morgan fingerprint density at radius 3 is 0.775 bits per heavy atom. The standard InChI is InChI=1S/C76H54O4/c77-75(60-40-52-22-6-14-44-30-34-48-18-10-26-56(60)68(48)64(44)52,61-41-53-23-7-15-45-31-35-49-19-11-27-57(61)69(49)65(45)53)72-73(80-74(79-72)38-4-2-1-3-5-39-74)76(78,62-42-54-24-8-16-46-32-36-50-20-12-28-58(62)70(50)66(46)54)63-43-55-25-9-17-47-33-37-51-21-13-29-59(63)71(51)67(47)55/h6-37,40-43,72-73,77-78H,1-5,38-39H2/t72-,73-/m0/s1. The number of hydrogen-bond donors (Lipinski definition) is 2. The summed E-state index contributed by atoms with van der Waals surface area (Å²) < 4.78 is 16.4. The van der Waals surface area contributed by atoms with Crippen LogP contribution in [0.3, 0.4) is 0 Å². The van der Waals surface area contributed by atoms with Crippen molar-refractivity contribution in [1.29, 1.82) is 0 Å². The molecule has 1 spiro atoms. The number of rotatable bonds is 6. The highest BCUT2D eigenvalue weighted by Gasteiger charge is 2.64. The third-order valence-corrected chi connectivity index (χ3v) is 19.6. The lowest BCUT2D eigenvalue weighted by Gasteiger charge is -2.44. The van der Waals surface area contributed by atoms with Gasteiger partial charge in [-0.15, -0.1) is 0 Å². The highest BCUT2D eigenvalue weighted by Crippen LogP contribution is 2.59. The molecule has 2 atom stereocenters. The summed E-state index contributed by atoms with van der Waals surface area (Å²) in [6.07, 6.45) is 3.84. The van der Waals surface area contributed by atoms with Crippen molar-refractivity contribution in [3.05, 3.63) is 241 Å². The molecule has 16 aromatic carbocycles. The number of hydrogen-bond acceptors (Lipinski definition) is 4. The lowest BCUT2D eigenvalue weighted by molar-refractivity contribution is -0.208. The van der Waals surface area contributed by atoms with Crippen LogP contribution in [0.2, 0.25) is 0 Å². The van der Waals surface area contributed by atoms with Crippen LogP contribution in [-0.4, -0.2) is 28.2 Å². The van der Waals surface area contributed by atoms with E-state index in [1.54, 1.807) is 0 Å². The van der Waals surface area contributed by atoms with Crippen molar-refractivity contribution in [1.82, 2.24) is 0 Å². The predicted molar refractivity (Wildman–Crippen MR) is 331 cm³/mol. The summed E-state index contributed by atoms with van der Waals surface area (Å²) in [5, 5.41) is 57.8. The molecule has 2 fully saturated rings. The Labute approximate surface area is 461 Å². The molecule has 2 aliphatic rings. The summed E-state index contributed by atoms with van der Waals surface area (Å²) in [5.74, 6) is -1.16. The molecular weight excluding hydrogens is 977 g/mol. The minimum atomic E-state index is -1.99. The van der Waals surface area contributed by atoms with Crippen LogP contribution in [0, 0.1) is 0 Å². The van der Waals surface area contributed by atoms with Crippen molar-refractivity contribution in [3.63, 3.8) is 0 Å². The molecule has 0 aromatic heterocycles. The fourth-order valence-corrected chi connectivity index (χ4v) is 16.1. The normalized spacial score (nSPS) is 17.8. The van der Waals surface area contributed by atoms with E-state index in [1.807, 2.05) is 0 Å². The summed E-state index contributed by atoms with van der Waals surface area (Å²) in [4.78, 5) is 0. The highest BCUT2D eigenvalue weighted by atomic mass is 16.8. The first kappa shape index (κ1) is 45.4. The largest absolute Gasteiger partial charge is 0.377 e. The average Bonchev–Trinajstić information content (AvgIpc) is 2.92. The SMILES string of the molecule is OC(c1cc2cccc3ccc4cccc1c4c32)(c1cc2cccc3ccc4cccc1c4c32)[C@H]1OC2(CCCCCCC2)O[C@@H]1C(O)(c1cc2cccc3ccc4cccc1c4c32)c1cc2cccc3ccc4cccc1c4c32. The van der Waals surface area contributed by atoms with Gasteiger partial charge in [-0.2, -0.15) is 0 Å². The lowest BCUT2D eigenvalue weighted by Crippen LogP contribution is -2.55.